The first-order chi connectivity index (χ1) is 14.3. The van der Waals surface area contributed by atoms with E-state index in [4.69, 9.17) is 4.74 Å². The lowest BCUT2D eigenvalue weighted by Gasteiger charge is -2.11. The lowest BCUT2D eigenvalue weighted by Crippen LogP contribution is -2.13. The smallest absolute Gasteiger partial charge is 0.346 e. The first-order valence-corrected chi connectivity index (χ1v) is 9.50. The van der Waals surface area contributed by atoms with Gasteiger partial charge < -0.3 is 4.74 Å². The van der Waals surface area contributed by atoms with Gasteiger partial charge in [0.25, 0.3) is 6.43 Å². The third-order valence-electron chi connectivity index (χ3n) is 4.79. The van der Waals surface area contributed by atoms with Gasteiger partial charge in [-0.3, -0.25) is 0 Å². The molecule has 3 aromatic rings. The van der Waals surface area contributed by atoms with E-state index in [1.807, 2.05) is 24.3 Å². The zero-order valence-electron chi connectivity index (χ0n) is 16.5. The molecule has 0 aliphatic heterocycles. The van der Waals surface area contributed by atoms with Crippen LogP contribution in [0, 0.1) is 18.6 Å². The number of hydrogen-bond donors (Lipinski definition) is 0. The van der Waals surface area contributed by atoms with Gasteiger partial charge in [-0.1, -0.05) is 43.7 Å². The van der Waals surface area contributed by atoms with Crippen molar-refractivity contribution in [1.82, 2.24) is 0 Å². The minimum Gasteiger partial charge on any atom is -0.423 e. The number of benzene rings is 3. The van der Waals surface area contributed by atoms with E-state index in [2.05, 4.69) is 6.92 Å². The molecule has 0 spiro atoms. The van der Waals surface area contributed by atoms with Crippen LogP contribution in [-0.4, -0.2) is 5.97 Å². The van der Waals surface area contributed by atoms with Crippen molar-refractivity contribution >= 4 is 5.97 Å². The van der Waals surface area contributed by atoms with E-state index in [0.717, 1.165) is 30.5 Å². The van der Waals surface area contributed by atoms with Gasteiger partial charge in [-0.15, -0.1) is 0 Å². The first kappa shape index (κ1) is 21.6. The highest BCUT2D eigenvalue weighted by molar-refractivity contribution is 5.91. The Bertz CT molecular complexity index is 1060. The van der Waals surface area contributed by atoms with Gasteiger partial charge in [-0.25, -0.2) is 22.4 Å². The number of esters is 1. The second kappa shape index (κ2) is 9.11. The minimum atomic E-state index is -3.07. The molecule has 0 unspecified atom stereocenters. The van der Waals surface area contributed by atoms with E-state index in [1.165, 1.54) is 25.1 Å². The highest BCUT2D eigenvalue weighted by Gasteiger charge is 2.24. The number of carbonyl (C=O) groups is 1. The SMILES string of the molecule is CCCc1ccc(-c2ccc(OC(=O)c3ccc(C)c(C(F)F)c3F)cc2F)cc1. The molecule has 2 nitrogen and oxygen atoms in total. The summed E-state index contributed by atoms with van der Waals surface area (Å²) in [6.45, 7) is 3.40. The van der Waals surface area contributed by atoms with Crippen LogP contribution in [0.2, 0.25) is 0 Å². The van der Waals surface area contributed by atoms with Crippen LogP contribution < -0.4 is 4.74 Å². The third-order valence-corrected chi connectivity index (χ3v) is 4.79. The number of alkyl halides is 2. The van der Waals surface area contributed by atoms with Crippen LogP contribution in [0.25, 0.3) is 11.1 Å². The largest absolute Gasteiger partial charge is 0.423 e. The second-order valence-corrected chi connectivity index (χ2v) is 6.94. The van der Waals surface area contributed by atoms with E-state index in [0.29, 0.717) is 11.1 Å². The Morgan fingerprint density at radius 1 is 1.00 bits per heavy atom. The molecule has 0 saturated heterocycles. The molecule has 30 heavy (non-hydrogen) atoms. The zero-order valence-corrected chi connectivity index (χ0v) is 16.5. The predicted molar refractivity (Wildman–Crippen MR) is 107 cm³/mol. The van der Waals surface area contributed by atoms with Gasteiger partial charge >= 0.3 is 5.97 Å². The van der Waals surface area contributed by atoms with Crippen LogP contribution in [0.4, 0.5) is 17.6 Å². The number of rotatable bonds is 6. The Kier molecular flexibility index (Phi) is 6.55. The Labute approximate surface area is 172 Å². The summed E-state index contributed by atoms with van der Waals surface area (Å²) in [5.41, 5.74) is 0.676. The average Bonchev–Trinajstić information content (AvgIpc) is 2.69. The zero-order chi connectivity index (χ0) is 21.8. The Hall–Kier alpha value is -3.15. The van der Waals surface area contributed by atoms with Crippen molar-refractivity contribution in [3.05, 3.63) is 88.5 Å². The van der Waals surface area contributed by atoms with Gasteiger partial charge in [0.2, 0.25) is 0 Å². The van der Waals surface area contributed by atoms with Crippen molar-refractivity contribution in [2.45, 2.75) is 33.1 Å². The molecule has 0 N–H and O–H groups in total. The Balaban J connectivity index is 1.82. The van der Waals surface area contributed by atoms with Crippen molar-refractivity contribution in [2.75, 3.05) is 0 Å². The lowest BCUT2D eigenvalue weighted by molar-refractivity contribution is 0.0728. The molecule has 0 aliphatic carbocycles. The average molecular weight is 416 g/mol. The molecular formula is C24H20F4O2. The molecule has 3 aromatic carbocycles. The molecule has 0 bridgehead atoms. The van der Waals surface area contributed by atoms with Crippen molar-refractivity contribution < 1.29 is 27.1 Å². The summed E-state index contributed by atoms with van der Waals surface area (Å²) in [5.74, 6) is -3.28. The summed E-state index contributed by atoms with van der Waals surface area (Å²) in [6, 6.07) is 13.6. The molecule has 156 valence electrons. The van der Waals surface area contributed by atoms with Crippen LogP contribution in [0.15, 0.2) is 54.6 Å². The standard InChI is InChI=1S/C24H20F4O2/c1-3-4-15-6-8-16(9-7-15)18-12-10-17(13-20(18)25)30-24(29)19-11-5-14(2)21(22(19)26)23(27)28/h5-13,23H,3-4H2,1-2H3. The van der Waals surface area contributed by atoms with E-state index < -0.39 is 35.2 Å². The molecule has 0 radical (unpaired) electrons. The number of carbonyl (C=O) groups excluding carboxylic acids is 1. The van der Waals surface area contributed by atoms with E-state index in [9.17, 15) is 22.4 Å². The second-order valence-electron chi connectivity index (χ2n) is 6.94. The van der Waals surface area contributed by atoms with E-state index >= 15 is 0 Å². The molecule has 0 fully saturated rings. The maximum atomic E-state index is 14.6. The number of hydrogen-bond acceptors (Lipinski definition) is 2. The first-order valence-electron chi connectivity index (χ1n) is 9.50. The number of aryl methyl sites for hydroxylation is 2. The fourth-order valence-electron chi connectivity index (χ4n) is 3.21. The number of ether oxygens (including phenoxy) is 1. The van der Waals surface area contributed by atoms with Crippen LogP contribution >= 0.6 is 0 Å². The van der Waals surface area contributed by atoms with E-state index in [-0.39, 0.29) is 11.3 Å². The summed E-state index contributed by atoms with van der Waals surface area (Å²) in [7, 11) is 0. The topological polar surface area (TPSA) is 26.3 Å². The summed E-state index contributed by atoms with van der Waals surface area (Å²) in [6.07, 6.45) is -1.13. The van der Waals surface area contributed by atoms with Crippen molar-refractivity contribution in [1.29, 1.82) is 0 Å². The Morgan fingerprint density at radius 2 is 1.70 bits per heavy atom. The molecule has 0 saturated carbocycles. The summed E-state index contributed by atoms with van der Waals surface area (Å²) >= 11 is 0. The fourth-order valence-corrected chi connectivity index (χ4v) is 3.21. The van der Waals surface area contributed by atoms with E-state index in [1.54, 1.807) is 0 Å². The fraction of sp³-hybridized carbons (Fsp3) is 0.208. The maximum Gasteiger partial charge on any atom is 0.346 e. The van der Waals surface area contributed by atoms with Crippen LogP contribution in [0.3, 0.4) is 0 Å². The van der Waals surface area contributed by atoms with Gasteiger partial charge in [-0.2, -0.15) is 0 Å². The highest BCUT2D eigenvalue weighted by atomic mass is 19.3. The van der Waals surface area contributed by atoms with Crippen LogP contribution in [0.5, 0.6) is 5.75 Å². The van der Waals surface area contributed by atoms with Gasteiger partial charge in [0.05, 0.1) is 11.1 Å². The Morgan fingerprint density at radius 3 is 2.30 bits per heavy atom. The minimum absolute atomic E-state index is 0.0272. The van der Waals surface area contributed by atoms with Gasteiger partial charge in [0, 0.05) is 11.6 Å². The normalized spacial score (nSPS) is 11.0. The quantitative estimate of drug-likeness (QED) is 0.244. The maximum absolute atomic E-state index is 14.6. The molecule has 0 amide bonds. The molecule has 0 heterocycles. The molecule has 0 aromatic heterocycles. The van der Waals surface area contributed by atoms with Crippen molar-refractivity contribution in [2.24, 2.45) is 0 Å². The summed E-state index contributed by atoms with van der Waals surface area (Å²) in [5, 5.41) is 0. The van der Waals surface area contributed by atoms with Crippen LogP contribution in [-0.2, 0) is 6.42 Å². The third kappa shape index (κ3) is 4.53. The molecule has 6 heteroatoms. The molecule has 0 aliphatic rings. The van der Waals surface area contributed by atoms with Crippen LogP contribution in [0.1, 0.15) is 46.8 Å². The lowest BCUT2D eigenvalue weighted by atomic mass is 10.0. The highest BCUT2D eigenvalue weighted by Crippen LogP contribution is 2.30. The van der Waals surface area contributed by atoms with Gasteiger partial charge in [0.1, 0.15) is 17.4 Å². The monoisotopic (exact) mass is 416 g/mol. The molecule has 0 atom stereocenters. The summed E-state index contributed by atoms with van der Waals surface area (Å²) in [4.78, 5) is 12.3. The van der Waals surface area contributed by atoms with Gasteiger partial charge in [-0.05, 0) is 48.2 Å². The summed E-state index contributed by atoms with van der Waals surface area (Å²) < 4.78 is 60.0. The van der Waals surface area contributed by atoms with Crippen molar-refractivity contribution in [3.8, 4) is 16.9 Å². The van der Waals surface area contributed by atoms with Gasteiger partial charge in [0.15, 0.2) is 0 Å². The number of halogens is 4. The van der Waals surface area contributed by atoms with Crippen molar-refractivity contribution in [3.63, 3.8) is 0 Å². The predicted octanol–water partition coefficient (Wildman–Crippen LogP) is 7.05. The molecular weight excluding hydrogens is 396 g/mol. The molecule has 3 rings (SSSR count).